The molecule has 0 radical (unpaired) electrons. The molecule has 0 aliphatic carbocycles. The lowest BCUT2D eigenvalue weighted by Gasteiger charge is -2.31. The summed E-state index contributed by atoms with van der Waals surface area (Å²) in [6.45, 7) is 7.38. The molecule has 1 aromatic carbocycles. The standard InChI is InChI=1S/C20H23FN4O2S/c1-19(2,3)27-18(26)24-17-25-20(4,7-10-28-17)13-5-6-15(21)14(11-13)16-12-22-8-9-23-16/h5-6,8-9,11-12H,7,10H2,1-4H3,(H,24,25,26)/t20-/m0/s1. The van der Waals surface area contributed by atoms with Crippen molar-refractivity contribution >= 4 is 23.0 Å². The zero-order chi connectivity index (χ0) is 20.4. The van der Waals surface area contributed by atoms with Crippen LogP contribution in [0.15, 0.2) is 41.8 Å². The van der Waals surface area contributed by atoms with E-state index in [1.807, 2.05) is 6.92 Å². The molecule has 0 saturated heterocycles. The van der Waals surface area contributed by atoms with Gasteiger partial charge >= 0.3 is 6.09 Å². The molecule has 1 aliphatic rings. The molecule has 1 N–H and O–H groups in total. The number of ether oxygens (including phenoxy) is 1. The van der Waals surface area contributed by atoms with Crippen molar-refractivity contribution in [3.63, 3.8) is 0 Å². The maximum Gasteiger partial charge on any atom is 0.413 e. The first-order valence-corrected chi connectivity index (χ1v) is 9.94. The van der Waals surface area contributed by atoms with Crippen molar-refractivity contribution < 1.29 is 13.9 Å². The van der Waals surface area contributed by atoms with Crippen LogP contribution < -0.4 is 5.32 Å². The Kier molecular flexibility index (Phi) is 5.69. The number of thioether (sulfide) groups is 1. The topological polar surface area (TPSA) is 76.5 Å². The Balaban J connectivity index is 1.89. The highest BCUT2D eigenvalue weighted by Gasteiger charge is 2.32. The number of amidine groups is 1. The molecule has 0 spiro atoms. The van der Waals surface area contributed by atoms with E-state index in [4.69, 9.17) is 9.73 Å². The molecule has 0 unspecified atom stereocenters. The monoisotopic (exact) mass is 402 g/mol. The minimum atomic E-state index is -0.597. The first-order chi connectivity index (χ1) is 13.2. The summed E-state index contributed by atoms with van der Waals surface area (Å²) in [5.41, 5.74) is 0.503. The lowest BCUT2D eigenvalue weighted by atomic mass is 9.88. The molecule has 0 bridgehead atoms. The van der Waals surface area contributed by atoms with Crippen LogP contribution in [-0.4, -0.2) is 32.6 Å². The fourth-order valence-electron chi connectivity index (χ4n) is 2.82. The zero-order valence-corrected chi connectivity index (χ0v) is 17.1. The second kappa shape index (κ2) is 7.87. The van der Waals surface area contributed by atoms with Gasteiger partial charge < -0.3 is 4.74 Å². The lowest BCUT2D eigenvalue weighted by Crippen LogP contribution is -2.38. The van der Waals surface area contributed by atoms with Gasteiger partial charge in [0.15, 0.2) is 5.17 Å². The number of carbonyl (C=O) groups is 1. The molecular formula is C20H23FN4O2S. The van der Waals surface area contributed by atoms with E-state index in [9.17, 15) is 9.18 Å². The van der Waals surface area contributed by atoms with Crippen LogP contribution in [0.3, 0.4) is 0 Å². The maximum atomic E-state index is 14.4. The number of amides is 1. The molecule has 28 heavy (non-hydrogen) atoms. The predicted molar refractivity (Wildman–Crippen MR) is 109 cm³/mol. The summed E-state index contributed by atoms with van der Waals surface area (Å²) in [5.74, 6) is 0.400. The average molecular weight is 402 g/mol. The third kappa shape index (κ3) is 4.86. The Hall–Kier alpha value is -2.48. The number of benzene rings is 1. The van der Waals surface area contributed by atoms with E-state index in [2.05, 4.69) is 15.3 Å². The van der Waals surface area contributed by atoms with Gasteiger partial charge in [-0.1, -0.05) is 17.8 Å². The van der Waals surface area contributed by atoms with E-state index < -0.39 is 17.2 Å². The molecule has 2 aromatic rings. The van der Waals surface area contributed by atoms with Crippen molar-refractivity contribution in [2.75, 3.05) is 5.75 Å². The van der Waals surface area contributed by atoms with Crippen LogP contribution in [0.25, 0.3) is 11.3 Å². The van der Waals surface area contributed by atoms with Gasteiger partial charge in [-0.05, 0) is 51.8 Å². The highest BCUT2D eigenvalue weighted by Crippen LogP contribution is 2.37. The smallest absolute Gasteiger partial charge is 0.413 e. The second-order valence-corrected chi connectivity index (χ2v) is 8.79. The Morgan fingerprint density at radius 1 is 1.32 bits per heavy atom. The summed E-state index contributed by atoms with van der Waals surface area (Å²) in [6, 6.07) is 4.90. The number of aliphatic imine (C=N–C) groups is 1. The van der Waals surface area contributed by atoms with Crippen LogP contribution >= 0.6 is 11.8 Å². The van der Waals surface area contributed by atoms with Gasteiger partial charge in [-0.2, -0.15) is 0 Å². The van der Waals surface area contributed by atoms with Crippen LogP contribution in [0.2, 0.25) is 0 Å². The third-order valence-corrected chi connectivity index (χ3v) is 5.09. The molecule has 1 aromatic heterocycles. The molecule has 1 atom stereocenters. The van der Waals surface area contributed by atoms with Crippen LogP contribution in [0.5, 0.6) is 0 Å². The summed E-state index contributed by atoms with van der Waals surface area (Å²) in [6.07, 6.45) is 4.82. The van der Waals surface area contributed by atoms with Gasteiger partial charge in [0.25, 0.3) is 0 Å². The van der Waals surface area contributed by atoms with E-state index >= 15 is 0 Å². The normalized spacial score (nSPS) is 19.7. The van der Waals surface area contributed by atoms with Crippen molar-refractivity contribution in [2.45, 2.75) is 45.3 Å². The Labute approximate surface area is 168 Å². The van der Waals surface area contributed by atoms with Crippen molar-refractivity contribution in [1.82, 2.24) is 15.3 Å². The van der Waals surface area contributed by atoms with Crippen molar-refractivity contribution in [3.05, 3.63) is 48.2 Å². The molecule has 1 aliphatic heterocycles. The first kappa shape index (κ1) is 20.3. The molecule has 0 fully saturated rings. The molecule has 148 valence electrons. The van der Waals surface area contributed by atoms with Gasteiger partial charge in [-0.25, -0.2) is 9.18 Å². The molecule has 8 heteroatoms. The summed E-state index contributed by atoms with van der Waals surface area (Å²) in [7, 11) is 0. The van der Waals surface area contributed by atoms with Gasteiger partial charge in [0.2, 0.25) is 0 Å². The molecule has 0 saturated carbocycles. The zero-order valence-electron chi connectivity index (χ0n) is 16.3. The first-order valence-electron chi connectivity index (χ1n) is 8.95. The Morgan fingerprint density at radius 3 is 2.79 bits per heavy atom. The highest BCUT2D eigenvalue weighted by molar-refractivity contribution is 8.13. The lowest BCUT2D eigenvalue weighted by molar-refractivity contribution is 0.0564. The van der Waals surface area contributed by atoms with E-state index in [0.717, 1.165) is 17.7 Å². The van der Waals surface area contributed by atoms with Gasteiger partial charge in [-0.3, -0.25) is 20.3 Å². The van der Waals surface area contributed by atoms with E-state index in [1.165, 1.54) is 30.2 Å². The third-order valence-electron chi connectivity index (χ3n) is 4.21. The van der Waals surface area contributed by atoms with E-state index in [0.29, 0.717) is 16.4 Å². The number of rotatable bonds is 2. The van der Waals surface area contributed by atoms with Gasteiger partial charge in [0.1, 0.15) is 11.4 Å². The van der Waals surface area contributed by atoms with E-state index in [-0.39, 0.29) is 5.82 Å². The number of hydrogen-bond donors (Lipinski definition) is 1. The highest BCUT2D eigenvalue weighted by atomic mass is 32.2. The summed E-state index contributed by atoms with van der Waals surface area (Å²) in [5, 5.41) is 3.21. The second-order valence-electron chi connectivity index (χ2n) is 7.70. The van der Waals surface area contributed by atoms with Crippen LogP contribution in [-0.2, 0) is 10.3 Å². The van der Waals surface area contributed by atoms with Crippen LogP contribution in [0.1, 0.15) is 39.7 Å². The Morgan fingerprint density at radius 2 is 2.11 bits per heavy atom. The number of nitrogens with zero attached hydrogens (tertiary/aromatic N) is 3. The number of alkyl carbamates (subject to hydrolysis) is 1. The average Bonchev–Trinajstić information content (AvgIpc) is 2.61. The quantitative estimate of drug-likeness (QED) is 0.799. The SMILES string of the molecule is CC(C)(C)OC(=O)NC1=N[C@](C)(c2ccc(F)c(-c3cnccn3)c2)CCS1. The van der Waals surface area contributed by atoms with Crippen molar-refractivity contribution in [2.24, 2.45) is 4.99 Å². The number of hydrogen-bond acceptors (Lipinski definition) is 6. The summed E-state index contributed by atoms with van der Waals surface area (Å²) in [4.78, 5) is 25.0. The molecule has 3 rings (SSSR count). The maximum absolute atomic E-state index is 14.4. The number of aromatic nitrogens is 2. The summed E-state index contributed by atoms with van der Waals surface area (Å²) < 4.78 is 19.7. The van der Waals surface area contributed by atoms with Crippen LogP contribution in [0.4, 0.5) is 9.18 Å². The minimum absolute atomic E-state index is 0.367. The number of halogens is 1. The number of carbonyl (C=O) groups excluding carboxylic acids is 1. The largest absolute Gasteiger partial charge is 0.444 e. The van der Waals surface area contributed by atoms with Gasteiger partial charge in [0.05, 0.1) is 17.4 Å². The molecule has 6 nitrogen and oxygen atoms in total. The van der Waals surface area contributed by atoms with Crippen molar-refractivity contribution in [1.29, 1.82) is 0 Å². The molecule has 2 heterocycles. The van der Waals surface area contributed by atoms with Gasteiger partial charge in [-0.15, -0.1) is 0 Å². The van der Waals surface area contributed by atoms with Crippen molar-refractivity contribution in [3.8, 4) is 11.3 Å². The minimum Gasteiger partial charge on any atom is -0.444 e. The van der Waals surface area contributed by atoms with Crippen LogP contribution in [0, 0.1) is 5.82 Å². The molecular weight excluding hydrogens is 379 g/mol. The summed E-state index contributed by atoms with van der Waals surface area (Å²) >= 11 is 1.46. The fourth-order valence-corrected chi connectivity index (χ4v) is 3.93. The fraction of sp³-hybridized carbons (Fsp3) is 0.400. The van der Waals surface area contributed by atoms with E-state index in [1.54, 1.807) is 39.1 Å². The molecule has 1 amide bonds. The Bertz CT molecular complexity index is 899. The number of nitrogens with one attached hydrogen (secondary N) is 1. The van der Waals surface area contributed by atoms with Gasteiger partial charge in [0, 0.05) is 23.7 Å². The predicted octanol–water partition coefficient (Wildman–Crippen LogP) is 4.52.